The van der Waals surface area contributed by atoms with Crippen molar-refractivity contribution in [1.29, 1.82) is 0 Å². The molecule has 2 bridgehead atoms. The lowest BCUT2D eigenvalue weighted by Crippen LogP contribution is -2.42. The number of aromatic amines is 1. The maximum absolute atomic E-state index is 12.5. The topological polar surface area (TPSA) is 57.8 Å². The maximum Gasteiger partial charge on any atom is 0.255 e. The van der Waals surface area contributed by atoms with Crippen LogP contribution in [-0.2, 0) is 0 Å². The van der Waals surface area contributed by atoms with Crippen molar-refractivity contribution >= 4 is 5.91 Å². The van der Waals surface area contributed by atoms with E-state index >= 15 is 0 Å². The summed E-state index contributed by atoms with van der Waals surface area (Å²) in [4.78, 5) is 12.5. The Kier molecular flexibility index (Phi) is 2.69. The smallest absolute Gasteiger partial charge is 0.255 e. The molecule has 4 nitrogen and oxygen atoms in total. The molecule has 1 heterocycles. The predicted molar refractivity (Wildman–Crippen MR) is 76.4 cm³/mol. The van der Waals surface area contributed by atoms with Gasteiger partial charge in [-0.1, -0.05) is 6.42 Å². The van der Waals surface area contributed by atoms with Crippen molar-refractivity contribution in [2.75, 3.05) is 0 Å². The van der Waals surface area contributed by atoms with E-state index in [0.29, 0.717) is 6.04 Å². The normalized spacial score (nSPS) is 38.2. The second-order valence-electron chi connectivity index (χ2n) is 7.04. The fourth-order valence-electron chi connectivity index (χ4n) is 5.36. The zero-order chi connectivity index (χ0) is 13.9. The van der Waals surface area contributed by atoms with Gasteiger partial charge in [-0.25, -0.2) is 0 Å². The number of fused-ring (bicyclic) bond motifs is 5. The molecule has 0 aliphatic heterocycles. The Labute approximate surface area is 119 Å². The van der Waals surface area contributed by atoms with E-state index in [-0.39, 0.29) is 5.91 Å². The lowest BCUT2D eigenvalue weighted by Gasteiger charge is -2.32. The molecule has 20 heavy (non-hydrogen) atoms. The lowest BCUT2D eigenvalue weighted by molar-refractivity contribution is 0.0900. The fraction of sp³-hybridized carbons (Fsp3) is 0.750. The number of amides is 1. The van der Waals surface area contributed by atoms with Crippen molar-refractivity contribution < 1.29 is 4.79 Å². The van der Waals surface area contributed by atoms with Gasteiger partial charge in [0.05, 0.1) is 11.3 Å². The van der Waals surface area contributed by atoms with Crippen molar-refractivity contribution in [2.45, 2.75) is 52.0 Å². The van der Waals surface area contributed by atoms with Crippen molar-refractivity contribution in [1.82, 2.24) is 15.5 Å². The number of hydrogen-bond donors (Lipinski definition) is 2. The highest BCUT2D eigenvalue weighted by Gasteiger charge is 2.54. The number of hydrogen-bond acceptors (Lipinski definition) is 2. The van der Waals surface area contributed by atoms with E-state index in [9.17, 15) is 4.79 Å². The van der Waals surface area contributed by atoms with Gasteiger partial charge in [-0.05, 0) is 63.2 Å². The first kappa shape index (κ1) is 12.4. The average molecular weight is 273 g/mol. The minimum atomic E-state index is 0.0702. The molecule has 1 aromatic heterocycles. The third kappa shape index (κ3) is 1.66. The molecule has 0 radical (unpaired) electrons. The Bertz CT molecular complexity index is 530. The number of H-pyrrole nitrogens is 1. The molecule has 3 saturated carbocycles. The fourth-order valence-corrected chi connectivity index (χ4v) is 5.36. The molecular weight excluding hydrogens is 250 g/mol. The van der Waals surface area contributed by atoms with E-state index < -0.39 is 0 Å². The third-order valence-corrected chi connectivity index (χ3v) is 6.10. The molecule has 0 spiro atoms. The van der Waals surface area contributed by atoms with E-state index in [1.54, 1.807) is 0 Å². The third-order valence-electron chi connectivity index (χ3n) is 6.10. The summed E-state index contributed by atoms with van der Waals surface area (Å²) in [5.74, 6) is 3.56. The van der Waals surface area contributed by atoms with Crippen LogP contribution in [0.5, 0.6) is 0 Å². The summed E-state index contributed by atoms with van der Waals surface area (Å²) in [5.41, 5.74) is 2.43. The Balaban J connectivity index is 1.50. The van der Waals surface area contributed by atoms with Gasteiger partial charge in [0.1, 0.15) is 0 Å². The minimum absolute atomic E-state index is 0.0702. The highest BCUT2D eigenvalue weighted by atomic mass is 16.1. The largest absolute Gasteiger partial charge is 0.349 e. The Morgan fingerprint density at radius 3 is 2.75 bits per heavy atom. The van der Waals surface area contributed by atoms with Gasteiger partial charge in [-0.2, -0.15) is 5.10 Å². The van der Waals surface area contributed by atoms with E-state index in [1.165, 1.54) is 32.1 Å². The second-order valence-corrected chi connectivity index (χ2v) is 7.04. The van der Waals surface area contributed by atoms with Crippen molar-refractivity contribution in [3.05, 3.63) is 17.0 Å². The summed E-state index contributed by atoms with van der Waals surface area (Å²) < 4.78 is 0. The van der Waals surface area contributed by atoms with Crippen LogP contribution in [0.3, 0.4) is 0 Å². The van der Waals surface area contributed by atoms with E-state index in [1.807, 2.05) is 13.8 Å². The van der Waals surface area contributed by atoms with Gasteiger partial charge >= 0.3 is 0 Å². The minimum Gasteiger partial charge on any atom is -0.349 e. The molecule has 3 aliphatic rings. The highest BCUT2D eigenvalue weighted by Crippen LogP contribution is 2.58. The highest BCUT2D eigenvalue weighted by molar-refractivity contribution is 5.96. The summed E-state index contributed by atoms with van der Waals surface area (Å²) in [6.07, 6.45) is 6.79. The van der Waals surface area contributed by atoms with Crippen molar-refractivity contribution in [3.8, 4) is 0 Å². The summed E-state index contributed by atoms with van der Waals surface area (Å²) in [6, 6.07) is 0.403. The van der Waals surface area contributed by atoms with Gasteiger partial charge in [0.2, 0.25) is 0 Å². The number of nitrogens with one attached hydrogen (secondary N) is 2. The zero-order valence-corrected chi connectivity index (χ0v) is 12.3. The molecule has 5 unspecified atom stereocenters. The molecule has 108 valence electrons. The second kappa shape index (κ2) is 4.34. The van der Waals surface area contributed by atoms with Crippen LogP contribution in [0.4, 0.5) is 0 Å². The molecule has 3 fully saturated rings. The van der Waals surface area contributed by atoms with Crippen LogP contribution >= 0.6 is 0 Å². The van der Waals surface area contributed by atoms with Crippen LogP contribution in [0.1, 0.15) is 53.8 Å². The predicted octanol–water partition coefficient (Wildman–Crippen LogP) is 2.58. The number of aromatic nitrogens is 2. The van der Waals surface area contributed by atoms with Gasteiger partial charge in [0, 0.05) is 11.7 Å². The SMILES string of the molecule is Cc1n[nH]c(C)c1C(=O)NC1CC2CC1C1CCCC21. The molecule has 4 heteroatoms. The molecule has 4 rings (SSSR count). The standard InChI is InChI=1S/C16H23N3O/c1-8-15(9(2)19-18-8)16(20)17-14-7-10-6-13(14)12-5-3-4-11(10)12/h10-14H,3-7H2,1-2H3,(H,17,20)(H,18,19). The number of nitrogens with zero attached hydrogens (tertiary/aromatic N) is 1. The van der Waals surface area contributed by atoms with Crippen LogP contribution in [0.25, 0.3) is 0 Å². The lowest BCUT2D eigenvalue weighted by atomic mass is 9.79. The van der Waals surface area contributed by atoms with Crippen LogP contribution in [0.15, 0.2) is 0 Å². The van der Waals surface area contributed by atoms with Crippen molar-refractivity contribution in [2.24, 2.45) is 23.7 Å². The molecule has 0 saturated heterocycles. The number of carbonyl (C=O) groups is 1. The average Bonchev–Trinajstić information content (AvgIpc) is 3.10. The molecule has 0 aromatic carbocycles. The van der Waals surface area contributed by atoms with Crippen LogP contribution < -0.4 is 5.32 Å². The molecule has 5 atom stereocenters. The van der Waals surface area contributed by atoms with Crippen LogP contribution in [-0.4, -0.2) is 22.1 Å². The van der Waals surface area contributed by atoms with Gasteiger partial charge in [0.25, 0.3) is 5.91 Å². The summed E-state index contributed by atoms with van der Waals surface area (Å²) in [5, 5.41) is 10.3. The molecular formula is C16H23N3O. The molecule has 1 aromatic rings. The molecule has 3 aliphatic carbocycles. The Hall–Kier alpha value is -1.32. The van der Waals surface area contributed by atoms with Crippen molar-refractivity contribution in [3.63, 3.8) is 0 Å². The van der Waals surface area contributed by atoms with Crippen LogP contribution in [0, 0.1) is 37.5 Å². The van der Waals surface area contributed by atoms with Gasteiger partial charge < -0.3 is 5.32 Å². The van der Waals surface area contributed by atoms with Gasteiger partial charge in [-0.3, -0.25) is 9.89 Å². The van der Waals surface area contributed by atoms with E-state index in [0.717, 1.165) is 40.6 Å². The first-order chi connectivity index (χ1) is 9.65. The number of aryl methyl sites for hydroxylation is 2. The number of rotatable bonds is 2. The summed E-state index contributed by atoms with van der Waals surface area (Å²) in [7, 11) is 0. The van der Waals surface area contributed by atoms with E-state index in [2.05, 4.69) is 15.5 Å². The summed E-state index contributed by atoms with van der Waals surface area (Å²) >= 11 is 0. The number of carbonyl (C=O) groups excluding carboxylic acids is 1. The Morgan fingerprint density at radius 1 is 1.20 bits per heavy atom. The van der Waals surface area contributed by atoms with Crippen LogP contribution in [0.2, 0.25) is 0 Å². The molecule has 1 amide bonds. The maximum atomic E-state index is 12.5. The van der Waals surface area contributed by atoms with Gasteiger partial charge in [0.15, 0.2) is 0 Å². The monoisotopic (exact) mass is 273 g/mol. The summed E-state index contributed by atoms with van der Waals surface area (Å²) in [6.45, 7) is 3.81. The first-order valence-corrected chi connectivity index (χ1v) is 7.97. The first-order valence-electron chi connectivity index (χ1n) is 7.97. The Morgan fingerprint density at radius 2 is 2.00 bits per heavy atom. The zero-order valence-electron chi connectivity index (χ0n) is 12.3. The quantitative estimate of drug-likeness (QED) is 0.870. The van der Waals surface area contributed by atoms with E-state index in [4.69, 9.17) is 0 Å². The molecule has 2 N–H and O–H groups in total. The van der Waals surface area contributed by atoms with Gasteiger partial charge in [-0.15, -0.1) is 0 Å².